The van der Waals surface area contributed by atoms with E-state index in [0.717, 1.165) is 19.4 Å². The lowest BCUT2D eigenvalue weighted by Crippen LogP contribution is -2.45. The molecule has 1 N–H and O–H groups in total. The molecule has 2 unspecified atom stereocenters. The SMILES string of the molecule is O=C(O)C1CCN(C(=O)C2CCCN2c2ncccn2)C1. The van der Waals surface area contributed by atoms with E-state index >= 15 is 0 Å². The Morgan fingerprint density at radius 3 is 2.62 bits per heavy atom. The maximum Gasteiger partial charge on any atom is 0.308 e. The van der Waals surface area contributed by atoms with E-state index in [2.05, 4.69) is 9.97 Å². The Kier molecular flexibility index (Phi) is 3.72. The third-order valence-electron chi connectivity index (χ3n) is 4.20. The van der Waals surface area contributed by atoms with Crippen LogP contribution in [0, 0.1) is 5.92 Å². The number of hydrogen-bond acceptors (Lipinski definition) is 5. The molecule has 0 bridgehead atoms. The molecule has 2 saturated heterocycles. The molecule has 2 fully saturated rings. The first-order valence-corrected chi connectivity index (χ1v) is 7.22. The summed E-state index contributed by atoms with van der Waals surface area (Å²) in [6, 6.07) is 1.48. The van der Waals surface area contributed by atoms with Crippen molar-refractivity contribution in [2.45, 2.75) is 25.3 Å². The lowest BCUT2D eigenvalue weighted by molar-refractivity contribution is -0.141. The van der Waals surface area contributed by atoms with E-state index in [1.54, 1.807) is 23.4 Å². The number of aliphatic carboxylic acids is 1. The molecule has 21 heavy (non-hydrogen) atoms. The summed E-state index contributed by atoms with van der Waals surface area (Å²) in [5.41, 5.74) is 0. The van der Waals surface area contributed by atoms with E-state index in [9.17, 15) is 9.59 Å². The van der Waals surface area contributed by atoms with Gasteiger partial charge in [0.25, 0.3) is 0 Å². The highest BCUT2D eigenvalue weighted by atomic mass is 16.4. The smallest absolute Gasteiger partial charge is 0.308 e. The summed E-state index contributed by atoms with van der Waals surface area (Å²) in [6.45, 7) is 1.60. The van der Waals surface area contributed by atoms with Gasteiger partial charge in [-0.15, -0.1) is 0 Å². The van der Waals surface area contributed by atoms with E-state index in [1.807, 2.05) is 4.90 Å². The van der Waals surface area contributed by atoms with E-state index in [0.29, 0.717) is 25.5 Å². The molecule has 7 heteroatoms. The van der Waals surface area contributed by atoms with Gasteiger partial charge in [0.1, 0.15) is 6.04 Å². The summed E-state index contributed by atoms with van der Waals surface area (Å²) < 4.78 is 0. The molecule has 0 spiro atoms. The van der Waals surface area contributed by atoms with Crippen LogP contribution in [0.3, 0.4) is 0 Å². The number of carbonyl (C=O) groups is 2. The van der Waals surface area contributed by atoms with Gasteiger partial charge in [0, 0.05) is 32.0 Å². The molecular formula is C14H18N4O3. The van der Waals surface area contributed by atoms with Crippen molar-refractivity contribution in [3.63, 3.8) is 0 Å². The lowest BCUT2D eigenvalue weighted by Gasteiger charge is -2.27. The minimum Gasteiger partial charge on any atom is -0.481 e. The summed E-state index contributed by atoms with van der Waals surface area (Å²) in [5.74, 6) is -0.678. The molecular weight excluding hydrogens is 272 g/mol. The number of aromatic nitrogens is 2. The zero-order valence-corrected chi connectivity index (χ0v) is 11.7. The minimum absolute atomic E-state index is 0.00343. The van der Waals surface area contributed by atoms with Crippen molar-refractivity contribution in [3.05, 3.63) is 18.5 Å². The number of carbonyl (C=O) groups excluding carboxylic acids is 1. The standard InChI is InChI=1S/C14H18N4O3/c19-12(17-8-4-10(9-17)13(20)21)11-3-1-7-18(11)14-15-5-2-6-16-14/h2,5-6,10-11H,1,3-4,7-9H2,(H,20,21). The van der Waals surface area contributed by atoms with Crippen LogP contribution in [-0.4, -0.2) is 57.5 Å². The maximum atomic E-state index is 12.6. The second-order valence-electron chi connectivity index (χ2n) is 5.51. The second-order valence-corrected chi connectivity index (χ2v) is 5.51. The van der Waals surface area contributed by atoms with Crippen LogP contribution in [0.2, 0.25) is 0 Å². The van der Waals surface area contributed by atoms with E-state index in [1.165, 1.54) is 0 Å². The number of carboxylic acids is 1. The molecule has 0 aromatic carbocycles. The zero-order valence-electron chi connectivity index (χ0n) is 11.7. The third kappa shape index (κ3) is 2.68. The highest BCUT2D eigenvalue weighted by Crippen LogP contribution is 2.26. The van der Waals surface area contributed by atoms with Gasteiger partial charge in [-0.05, 0) is 25.3 Å². The highest BCUT2D eigenvalue weighted by Gasteiger charge is 2.39. The number of carboxylic acid groups (broad SMARTS) is 1. The molecule has 0 aliphatic carbocycles. The molecule has 3 heterocycles. The fourth-order valence-corrected chi connectivity index (χ4v) is 3.08. The van der Waals surface area contributed by atoms with Gasteiger partial charge in [0.15, 0.2) is 0 Å². The number of nitrogens with zero attached hydrogens (tertiary/aromatic N) is 4. The summed E-state index contributed by atoms with van der Waals surface area (Å²) >= 11 is 0. The molecule has 1 aromatic rings. The molecule has 112 valence electrons. The lowest BCUT2D eigenvalue weighted by atomic mass is 10.1. The van der Waals surface area contributed by atoms with Crippen molar-refractivity contribution in [1.29, 1.82) is 0 Å². The van der Waals surface area contributed by atoms with E-state index in [-0.39, 0.29) is 11.9 Å². The first kappa shape index (κ1) is 13.8. The van der Waals surface area contributed by atoms with Gasteiger partial charge in [0.2, 0.25) is 11.9 Å². The van der Waals surface area contributed by atoms with Crippen molar-refractivity contribution in [3.8, 4) is 0 Å². The Balaban J connectivity index is 1.71. The van der Waals surface area contributed by atoms with Crippen molar-refractivity contribution in [2.75, 3.05) is 24.5 Å². The summed E-state index contributed by atoms with van der Waals surface area (Å²) in [7, 11) is 0. The number of rotatable bonds is 3. The Morgan fingerprint density at radius 2 is 1.95 bits per heavy atom. The fourth-order valence-electron chi connectivity index (χ4n) is 3.08. The molecule has 0 radical (unpaired) electrons. The molecule has 3 rings (SSSR count). The van der Waals surface area contributed by atoms with Gasteiger partial charge in [-0.25, -0.2) is 9.97 Å². The van der Waals surface area contributed by atoms with Gasteiger partial charge in [-0.3, -0.25) is 9.59 Å². The van der Waals surface area contributed by atoms with Crippen molar-refractivity contribution in [1.82, 2.24) is 14.9 Å². The predicted octanol–water partition coefficient (Wildman–Crippen LogP) is 0.378. The van der Waals surface area contributed by atoms with Crippen LogP contribution in [0.25, 0.3) is 0 Å². The number of anilines is 1. The first-order chi connectivity index (χ1) is 10.2. The average molecular weight is 290 g/mol. The van der Waals surface area contributed by atoms with Gasteiger partial charge < -0.3 is 14.9 Å². The number of hydrogen-bond donors (Lipinski definition) is 1. The topological polar surface area (TPSA) is 86.6 Å². The van der Waals surface area contributed by atoms with Crippen LogP contribution in [0.1, 0.15) is 19.3 Å². The van der Waals surface area contributed by atoms with Crippen LogP contribution >= 0.6 is 0 Å². The van der Waals surface area contributed by atoms with Crippen molar-refractivity contribution in [2.24, 2.45) is 5.92 Å². The van der Waals surface area contributed by atoms with E-state index < -0.39 is 11.9 Å². The predicted molar refractivity (Wildman–Crippen MR) is 74.7 cm³/mol. The van der Waals surface area contributed by atoms with Crippen LogP contribution in [-0.2, 0) is 9.59 Å². The first-order valence-electron chi connectivity index (χ1n) is 7.22. The van der Waals surface area contributed by atoms with Crippen LogP contribution in [0.5, 0.6) is 0 Å². The average Bonchev–Trinajstić information content (AvgIpc) is 3.17. The summed E-state index contributed by atoms with van der Waals surface area (Å²) in [4.78, 5) is 35.7. The third-order valence-corrected chi connectivity index (χ3v) is 4.20. The number of likely N-dealkylation sites (tertiary alicyclic amines) is 1. The van der Waals surface area contributed by atoms with E-state index in [4.69, 9.17) is 5.11 Å². The minimum atomic E-state index is -0.819. The number of amides is 1. The maximum absolute atomic E-state index is 12.6. The summed E-state index contributed by atoms with van der Waals surface area (Å²) in [5, 5.41) is 9.04. The Hall–Kier alpha value is -2.18. The zero-order chi connectivity index (χ0) is 14.8. The Morgan fingerprint density at radius 1 is 1.19 bits per heavy atom. The monoisotopic (exact) mass is 290 g/mol. The molecule has 2 atom stereocenters. The largest absolute Gasteiger partial charge is 0.481 e. The van der Waals surface area contributed by atoms with Crippen LogP contribution in [0.4, 0.5) is 5.95 Å². The van der Waals surface area contributed by atoms with Crippen LogP contribution < -0.4 is 4.90 Å². The molecule has 1 aromatic heterocycles. The van der Waals surface area contributed by atoms with Gasteiger partial charge in [-0.1, -0.05) is 0 Å². The molecule has 1 amide bonds. The van der Waals surface area contributed by atoms with Gasteiger partial charge in [-0.2, -0.15) is 0 Å². The molecule has 2 aliphatic rings. The van der Waals surface area contributed by atoms with Crippen molar-refractivity contribution >= 4 is 17.8 Å². The quantitative estimate of drug-likeness (QED) is 0.866. The Bertz CT molecular complexity index is 536. The molecule has 2 aliphatic heterocycles. The molecule has 7 nitrogen and oxygen atoms in total. The van der Waals surface area contributed by atoms with Gasteiger partial charge in [0.05, 0.1) is 5.92 Å². The van der Waals surface area contributed by atoms with Gasteiger partial charge >= 0.3 is 5.97 Å². The fraction of sp³-hybridized carbons (Fsp3) is 0.571. The highest BCUT2D eigenvalue weighted by molar-refractivity contribution is 5.86. The normalized spacial score (nSPS) is 25.3. The Labute approximate surface area is 122 Å². The van der Waals surface area contributed by atoms with Crippen LogP contribution in [0.15, 0.2) is 18.5 Å². The molecule has 0 saturated carbocycles. The van der Waals surface area contributed by atoms with Crippen molar-refractivity contribution < 1.29 is 14.7 Å². The summed E-state index contributed by atoms with van der Waals surface area (Å²) in [6.07, 6.45) is 5.56. The second kappa shape index (κ2) is 5.67.